The summed E-state index contributed by atoms with van der Waals surface area (Å²) >= 11 is 0. The molecule has 0 aliphatic carbocycles. The third kappa shape index (κ3) is 4.01. The Balaban J connectivity index is 1.45. The molecular weight excluding hydrogens is 350 g/mol. The van der Waals surface area contributed by atoms with Gasteiger partial charge in [0.1, 0.15) is 5.82 Å². The molecule has 28 heavy (non-hydrogen) atoms. The first-order valence-electron chi connectivity index (χ1n) is 9.54. The van der Waals surface area contributed by atoms with E-state index in [4.69, 9.17) is 0 Å². The molecule has 1 atom stereocenters. The second kappa shape index (κ2) is 8.17. The van der Waals surface area contributed by atoms with Gasteiger partial charge < -0.3 is 10.2 Å². The number of anilines is 2. The summed E-state index contributed by atoms with van der Waals surface area (Å²) in [6.07, 6.45) is 7.56. The molecule has 3 aromatic rings. The van der Waals surface area contributed by atoms with Gasteiger partial charge in [0.2, 0.25) is 5.91 Å². The lowest BCUT2D eigenvalue weighted by Crippen LogP contribution is -2.32. The van der Waals surface area contributed by atoms with Crippen molar-refractivity contribution in [2.24, 2.45) is 0 Å². The summed E-state index contributed by atoms with van der Waals surface area (Å²) in [5, 5.41) is 3.29. The smallest absolute Gasteiger partial charge is 0.229 e. The Bertz CT molecular complexity index is 943. The summed E-state index contributed by atoms with van der Waals surface area (Å²) in [5.74, 6) is 0.930. The zero-order valence-corrected chi connectivity index (χ0v) is 15.9. The number of hydrogen-bond donors (Lipinski definition) is 1. The fourth-order valence-corrected chi connectivity index (χ4v) is 3.56. The number of nitrogens with zero attached hydrogens (tertiary/aromatic N) is 4. The molecule has 0 unspecified atom stereocenters. The number of amides is 1. The van der Waals surface area contributed by atoms with E-state index in [-0.39, 0.29) is 11.9 Å². The van der Waals surface area contributed by atoms with Crippen molar-refractivity contribution in [2.45, 2.75) is 32.2 Å². The number of carbonyl (C=O) groups excluding carboxylic acids is 1. The Morgan fingerprint density at radius 3 is 2.75 bits per heavy atom. The van der Waals surface area contributed by atoms with E-state index in [1.165, 1.54) is 0 Å². The van der Waals surface area contributed by atoms with Gasteiger partial charge in [0.15, 0.2) is 0 Å². The summed E-state index contributed by atoms with van der Waals surface area (Å²) in [6, 6.07) is 13.6. The number of aryl methyl sites for hydroxylation is 1. The van der Waals surface area contributed by atoms with Crippen LogP contribution in [0.5, 0.6) is 0 Å². The highest BCUT2D eigenvalue weighted by Crippen LogP contribution is 2.32. The molecule has 0 aromatic carbocycles. The van der Waals surface area contributed by atoms with E-state index in [9.17, 15) is 4.79 Å². The highest BCUT2D eigenvalue weighted by atomic mass is 16.2. The second-order valence-electron chi connectivity index (χ2n) is 7.01. The molecule has 1 amide bonds. The topological polar surface area (TPSA) is 71.0 Å². The van der Waals surface area contributed by atoms with Crippen LogP contribution in [-0.2, 0) is 11.2 Å². The quantitative estimate of drug-likeness (QED) is 0.736. The maximum Gasteiger partial charge on any atom is 0.229 e. The standard InChI is InChI=1S/C22H23N5O/c1-16-6-4-12-24-22(16)26-18-9-10-19(25-15-18)20-8-5-13-27(20)21(28)14-17-7-2-3-11-23-17/h2-4,6-7,9-12,15,20H,5,8,13-14H2,1H3,(H,24,26)/t20-/m0/s1. The van der Waals surface area contributed by atoms with E-state index in [1.807, 2.05) is 60.5 Å². The fraction of sp³-hybridized carbons (Fsp3) is 0.273. The van der Waals surface area contributed by atoms with E-state index in [0.29, 0.717) is 6.42 Å². The molecule has 142 valence electrons. The molecule has 0 radical (unpaired) electrons. The molecule has 1 fully saturated rings. The predicted molar refractivity (Wildman–Crippen MR) is 108 cm³/mol. The van der Waals surface area contributed by atoms with Crippen molar-refractivity contribution in [3.05, 3.63) is 78.0 Å². The van der Waals surface area contributed by atoms with Crippen LogP contribution in [0.2, 0.25) is 0 Å². The minimum Gasteiger partial charge on any atom is -0.339 e. The Hall–Kier alpha value is -3.28. The predicted octanol–water partition coefficient (Wildman–Crippen LogP) is 3.83. The number of aromatic nitrogens is 3. The molecule has 6 nitrogen and oxygen atoms in total. The van der Waals surface area contributed by atoms with Crippen LogP contribution in [-0.4, -0.2) is 32.3 Å². The van der Waals surface area contributed by atoms with Crippen LogP contribution >= 0.6 is 0 Å². The summed E-state index contributed by atoms with van der Waals surface area (Å²) in [5.41, 5.74) is 3.69. The van der Waals surface area contributed by atoms with Gasteiger partial charge in [0, 0.05) is 24.6 Å². The molecule has 3 aromatic heterocycles. The second-order valence-corrected chi connectivity index (χ2v) is 7.01. The molecule has 0 saturated carbocycles. The molecule has 1 aliphatic rings. The molecule has 6 heteroatoms. The van der Waals surface area contributed by atoms with Crippen molar-refractivity contribution in [1.82, 2.24) is 19.9 Å². The van der Waals surface area contributed by atoms with Gasteiger partial charge in [-0.05, 0) is 55.7 Å². The van der Waals surface area contributed by atoms with Crippen molar-refractivity contribution in [2.75, 3.05) is 11.9 Å². The molecule has 4 heterocycles. The van der Waals surface area contributed by atoms with Crippen molar-refractivity contribution in [3.63, 3.8) is 0 Å². The lowest BCUT2D eigenvalue weighted by molar-refractivity contribution is -0.131. The van der Waals surface area contributed by atoms with Gasteiger partial charge >= 0.3 is 0 Å². The normalized spacial score (nSPS) is 16.2. The third-order valence-corrected chi connectivity index (χ3v) is 5.03. The Morgan fingerprint density at radius 2 is 2.00 bits per heavy atom. The van der Waals surface area contributed by atoms with Crippen LogP contribution in [0.1, 0.15) is 35.8 Å². The van der Waals surface area contributed by atoms with Crippen LogP contribution in [0.3, 0.4) is 0 Å². The van der Waals surface area contributed by atoms with Gasteiger partial charge in [-0.1, -0.05) is 12.1 Å². The largest absolute Gasteiger partial charge is 0.339 e. The summed E-state index contributed by atoms with van der Waals surface area (Å²) in [4.78, 5) is 28.0. The summed E-state index contributed by atoms with van der Waals surface area (Å²) in [7, 11) is 0. The van der Waals surface area contributed by atoms with Crippen molar-refractivity contribution >= 4 is 17.4 Å². The average molecular weight is 373 g/mol. The van der Waals surface area contributed by atoms with Crippen LogP contribution in [0.15, 0.2) is 61.1 Å². The van der Waals surface area contributed by atoms with E-state index >= 15 is 0 Å². The lowest BCUT2D eigenvalue weighted by Gasteiger charge is -2.24. The Morgan fingerprint density at radius 1 is 1.11 bits per heavy atom. The zero-order chi connectivity index (χ0) is 19.3. The molecule has 0 bridgehead atoms. The molecule has 1 aliphatic heterocycles. The first kappa shape index (κ1) is 18.1. The number of likely N-dealkylation sites (tertiary alicyclic amines) is 1. The monoisotopic (exact) mass is 373 g/mol. The lowest BCUT2D eigenvalue weighted by atomic mass is 10.1. The van der Waals surface area contributed by atoms with Gasteiger partial charge in [-0.3, -0.25) is 14.8 Å². The van der Waals surface area contributed by atoms with Gasteiger partial charge in [-0.25, -0.2) is 4.98 Å². The van der Waals surface area contributed by atoms with E-state index in [0.717, 1.165) is 47.8 Å². The van der Waals surface area contributed by atoms with Gasteiger partial charge in [-0.15, -0.1) is 0 Å². The minimum absolute atomic E-state index is 0.0295. The van der Waals surface area contributed by atoms with Gasteiger partial charge in [0.25, 0.3) is 0 Å². The number of hydrogen-bond acceptors (Lipinski definition) is 5. The molecule has 4 rings (SSSR count). The van der Waals surface area contributed by atoms with Gasteiger partial charge in [0.05, 0.1) is 30.0 Å². The van der Waals surface area contributed by atoms with Crippen molar-refractivity contribution < 1.29 is 4.79 Å². The third-order valence-electron chi connectivity index (χ3n) is 5.03. The zero-order valence-electron chi connectivity index (χ0n) is 15.9. The Kier molecular flexibility index (Phi) is 5.28. The van der Waals surface area contributed by atoms with Crippen molar-refractivity contribution in [1.29, 1.82) is 0 Å². The maximum absolute atomic E-state index is 12.8. The Labute approximate surface area is 164 Å². The van der Waals surface area contributed by atoms with Crippen LogP contribution in [0.4, 0.5) is 11.5 Å². The number of nitrogens with one attached hydrogen (secondary N) is 1. The first-order chi connectivity index (χ1) is 13.7. The number of rotatable bonds is 5. The molecular formula is C22H23N5O. The number of carbonyl (C=O) groups is 1. The maximum atomic E-state index is 12.8. The van der Waals surface area contributed by atoms with E-state index in [1.54, 1.807) is 12.4 Å². The minimum atomic E-state index is 0.0295. The van der Waals surface area contributed by atoms with E-state index in [2.05, 4.69) is 20.3 Å². The van der Waals surface area contributed by atoms with Crippen LogP contribution in [0, 0.1) is 6.92 Å². The fourth-order valence-electron chi connectivity index (χ4n) is 3.56. The first-order valence-corrected chi connectivity index (χ1v) is 9.54. The highest BCUT2D eigenvalue weighted by molar-refractivity contribution is 5.79. The summed E-state index contributed by atoms with van der Waals surface area (Å²) in [6.45, 7) is 2.78. The van der Waals surface area contributed by atoms with Gasteiger partial charge in [-0.2, -0.15) is 0 Å². The SMILES string of the molecule is Cc1cccnc1Nc1ccc([C@@H]2CCCN2C(=O)Cc2ccccn2)nc1. The number of pyridine rings is 3. The highest BCUT2D eigenvalue weighted by Gasteiger charge is 2.30. The molecule has 1 N–H and O–H groups in total. The van der Waals surface area contributed by atoms with Crippen LogP contribution < -0.4 is 5.32 Å². The summed E-state index contributed by atoms with van der Waals surface area (Å²) < 4.78 is 0. The van der Waals surface area contributed by atoms with Crippen molar-refractivity contribution in [3.8, 4) is 0 Å². The molecule has 1 saturated heterocycles. The molecule has 0 spiro atoms. The van der Waals surface area contributed by atoms with E-state index < -0.39 is 0 Å². The van der Waals surface area contributed by atoms with Crippen LogP contribution in [0.25, 0.3) is 0 Å². The average Bonchev–Trinajstić information content (AvgIpc) is 3.21.